The van der Waals surface area contributed by atoms with Crippen molar-refractivity contribution in [3.8, 4) is 0 Å². The van der Waals surface area contributed by atoms with Crippen LogP contribution in [-0.4, -0.2) is 35.2 Å². The van der Waals surface area contributed by atoms with Crippen molar-refractivity contribution in [1.29, 1.82) is 0 Å². The molecule has 3 rings (SSSR count). The summed E-state index contributed by atoms with van der Waals surface area (Å²) < 4.78 is 13.8. The minimum absolute atomic E-state index is 0.111. The Balaban J connectivity index is 1.67. The average molecular weight is 335 g/mol. The van der Waals surface area contributed by atoms with Crippen LogP contribution in [0.15, 0.2) is 36.5 Å². The van der Waals surface area contributed by atoms with Gasteiger partial charge in [0.25, 0.3) is 5.91 Å². The monoisotopic (exact) mass is 334 g/mol. The van der Waals surface area contributed by atoms with Gasteiger partial charge in [0.05, 0.1) is 10.6 Å². The van der Waals surface area contributed by atoms with Crippen molar-refractivity contribution >= 4 is 23.3 Å². The number of halogens is 2. The quantitative estimate of drug-likeness (QED) is 0.934. The predicted molar refractivity (Wildman–Crippen MR) is 86.1 cm³/mol. The molecule has 120 valence electrons. The smallest absolute Gasteiger partial charge is 0.255 e. The highest BCUT2D eigenvalue weighted by atomic mass is 35.5. The van der Waals surface area contributed by atoms with Crippen LogP contribution in [0, 0.1) is 5.82 Å². The molecular weight excluding hydrogens is 319 g/mol. The minimum Gasteiger partial charge on any atom is -0.350 e. The van der Waals surface area contributed by atoms with Gasteiger partial charge in [0.1, 0.15) is 5.82 Å². The van der Waals surface area contributed by atoms with E-state index in [1.165, 1.54) is 18.2 Å². The van der Waals surface area contributed by atoms with Gasteiger partial charge in [-0.2, -0.15) is 5.10 Å². The van der Waals surface area contributed by atoms with Crippen molar-refractivity contribution in [2.45, 2.75) is 18.9 Å². The van der Waals surface area contributed by atoms with Gasteiger partial charge >= 0.3 is 0 Å². The Morgan fingerprint density at radius 1 is 1.39 bits per heavy atom. The third-order valence-corrected chi connectivity index (χ3v) is 4.23. The summed E-state index contributed by atoms with van der Waals surface area (Å²) in [6.45, 7) is 1.26. The fourth-order valence-corrected chi connectivity index (χ4v) is 3.06. The second-order valence-corrected chi connectivity index (χ2v) is 5.79. The third kappa shape index (κ3) is 3.42. The molecule has 1 saturated heterocycles. The van der Waals surface area contributed by atoms with Crippen LogP contribution in [0.1, 0.15) is 23.2 Å². The van der Waals surface area contributed by atoms with E-state index >= 15 is 0 Å². The van der Waals surface area contributed by atoms with E-state index in [2.05, 4.69) is 20.4 Å². The number of carbonyl (C=O) groups is 1. The molecule has 1 N–H and O–H groups in total. The molecule has 0 aliphatic carbocycles. The van der Waals surface area contributed by atoms with Crippen molar-refractivity contribution in [1.82, 2.24) is 15.5 Å². The summed E-state index contributed by atoms with van der Waals surface area (Å²) in [6, 6.07) is 8.03. The molecule has 1 aromatic heterocycles. The van der Waals surface area contributed by atoms with Gasteiger partial charge in [0, 0.05) is 25.3 Å². The molecule has 1 aliphatic rings. The zero-order chi connectivity index (χ0) is 16.2. The maximum atomic E-state index is 13.8. The Bertz CT molecular complexity index is 677. The van der Waals surface area contributed by atoms with Crippen LogP contribution in [0.5, 0.6) is 0 Å². The van der Waals surface area contributed by atoms with Crippen LogP contribution in [-0.2, 0) is 0 Å². The second-order valence-electron chi connectivity index (χ2n) is 5.38. The van der Waals surface area contributed by atoms with Crippen molar-refractivity contribution in [3.63, 3.8) is 0 Å². The third-order valence-electron chi connectivity index (χ3n) is 3.92. The van der Waals surface area contributed by atoms with Crippen molar-refractivity contribution in [3.05, 3.63) is 52.9 Å². The van der Waals surface area contributed by atoms with Crippen LogP contribution >= 0.6 is 11.6 Å². The Morgan fingerprint density at radius 3 is 3.00 bits per heavy atom. The molecule has 1 aromatic carbocycles. The van der Waals surface area contributed by atoms with Gasteiger partial charge in [0.2, 0.25) is 0 Å². The number of nitrogens with zero attached hydrogens (tertiary/aromatic N) is 3. The first kappa shape index (κ1) is 15.7. The lowest BCUT2D eigenvalue weighted by molar-refractivity contribution is 0.0947. The number of aromatic nitrogens is 2. The number of benzene rings is 1. The molecule has 0 bridgehead atoms. The first-order valence-electron chi connectivity index (χ1n) is 7.43. The summed E-state index contributed by atoms with van der Waals surface area (Å²) >= 11 is 5.91. The zero-order valence-corrected chi connectivity index (χ0v) is 13.1. The first-order valence-corrected chi connectivity index (χ1v) is 7.81. The van der Waals surface area contributed by atoms with Crippen molar-refractivity contribution in [2.24, 2.45) is 0 Å². The number of rotatable bonds is 4. The maximum absolute atomic E-state index is 13.8. The summed E-state index contributed by atoms with van der Waals surface area (Å²) in [7, 11) is 0. The highest BCUT2D eigenvalue weighted by Crippen LogP contribution is 2.23. The summed E-state index contributed by atoms with van der Waals surface area (Å²) in [5.41, 5.74) is -0.113. The predicted octanol–water partition coefficient (Wildman–Crippen LogP) is 2.67. The molecule has 1 aliphatic heterocycles. The molecule has 0 radical (unpaired) electrons. The molecule has 23 heavy (non-hydrogen) atoms. The largest absolute Gasteiger partial charge is 0.350 e. The van der Waals surface area contributed by atoms with Crippen LogP contribution in [0.25, 0.3) is 0 Å². The number of amides is 1. The topological polar surface area (TPSA) is 58.1 Å². The first-order chi connectivity index (χ1) is 11.2. The number of nitrogens with one attached hydrogen (secondary N) is 1. The maximum Gasteiger partial charge on any atom is 0.255 e. The SMILES string of the molecule is O=C(NC[C@@H]1CCCN1c1cccnn1)c1c(F)cccc1Cl. The molecule has 2 aromatic rings. The minimum atomic E-state index is -0.618. The number of hydrogen-bond donors (Lipinski definition) is 1. The van der Waals surface area contributed by atoms with Gasteiger partial charge < -0.3 is 10.2 Å². The normalized spacial score (nSPS) is 17.3. The average Bonchev–Trinajstić information content (AvgIpc) is 3.02. The lowest BCUT2D eigenvalue weighted by Crippen LogP contribution is -2.41. The molecule has 1 atom stereocenters. The van der Waals surface area contributed by atoms with E-state index in [0.29, 0.717) is 6.54 Å². The van der Waals surface area contributed by atoms with Crippen molar-refractivity contribution < 1.29 is 9.18 Å². The van der Waals surface area contributed by atoms with Crippen LogP contribution in [0.4, 0.5) is 10.2 Å². The van der Waals surface area contributed by atoms with E-state index < -0.39 is 11.7 Å². The number of hydrogen-bond acceptors (Lipinski definition) is 4. The molecule has 0 spiro atoms. The van der Waals surface area contributed by atoms with Crippen molar-refractivity contribution in [2.75, 3.05) is 18.0 Å². The van der Waals surface area contributed by atoms with Crippen LogP contribution < -0.4 is 10.2 Å². The second kappa shape index (κ2) is 6.91. The fraction of sp³-hybridized carbons (Fsp3) is 0.312. The van der Waals surface area contributed by atoms with E-state index in [4.69, 9.17) is 11.6 Å². The molecular formula is C16H16ClFN4O. The Kier molecular flexibility index (Phi) is 4.71. The van der Waals surface area contributed by atoms with Gasteiger partial charge in [-0.05, 0) is 37.1 Å². The van der Waals surface area contributed by atoms with Gasteiger partial charge in [-0.15, -0.1) is 5.10 Å². The summed E-state index contributed by atoms with van der Waals surface area (Å²) in [5, 5.41) is 10.9. The van der Waals surface area contributed by atoms with E-state index in [-0.39, 0.29) is 16.6 Å². The standard InChI is InChI=1S/C16H16ClFN4O/c17-12-5-1-6-13(18)15(12)16(23)19-10-11-4-3-9-22(11)14-7-2-8-20-21-14/h1-2,5-8,11H,3-4,9-10H2,(H,19,23)/t11-/m0/s1. The summed E-state index contributed by atoms with van der Waals surface area (Å²) in [4.78, 5) is 14.3. The molecule has 0 saturated carbocycles. The Morgan fingerprint density at radius 2 is 2.26 bits per heavy atom. The molecule has 7 heteroatoms. The fourth-order valence-electron chi connectivity index (χ4n) is 2.81. The highest BCUT2D eigenvalue weighted by molar-refractivity contribution is 6.33. The number of carbonyl (C=O) groups excluding carboxylic acids is 1. The lowest BCUT2D eigenvalue weighted by atomic mass is 10.1. The van der Waals surface area contributed by atoms with Crippen LogP contribution in [0.3, 0.4) is 0 Å². The van der Waals surface area contributed by atoms with Gasteiger partial charge in [0.15, 0.2) is 5.82 Å². The highest BCUT2D eigenvalue weighted by Gasteiger charge is 2.27. The zero-order valence-electron chi connectivity index (χ0n) is 12.4. The molecule has 1 fully saturated rings. The molecule has 0 unspecified atom stereocenters. The summed E-state index contributed by atoms with van der Waals surface area (Å²) in [6.07, 6.45) is 3.57. The Labute approximate surface area is 138 Å². The molecule has 5 nitrogen and oxygen atoms in total. The van der Waals surface area contributed by atoms with Gasteiger partial charge in [-0.3, -0.25) is 4.79 Å². The van der Waals surface area contributed by atoms with Gasteiger partial charge in [-0.1, -0.05) is 17.7 Å². The lowest BCUT2D eigenvalue weighted by Gasteiger charge is -2.25. The van der Waals surface area contributed by atoms with E-state index in [9.17, 15) is 9.18 Å². The van der Waals surface area contributed by atoms with Crippen LogP contribution in [0.2, 0.25) is 5.02 Å². The summed E-state index contributed by atoms with van der Waals surface area (Å²) in [5.74, 6) is -0.334. The molecule has 1 amide bonds. The number of anilines is 1. The Hall–Kier alpha value is -2.21. The van der Waals surface area contributed by atoms with E-state index in [1.54, 1.807) is 6.20 Å². The van der Waals surface area contributed by atoms with E-state index in [1.807, 2.05) is 12.1 Å². The molecule has 2 heterocycles. The van der Waals surface area contributed by atoms with E-state index in [0.717, 1.165) is 25.2 Å². The van der Waals surface area contributed by atoms with Gasteiger partial charge in [-0.25, -0.2) is 4.39 Å².